The summed E-state index contributed by atoms with van der Waals surface area (Å²) in [5.74, 6) is 0.349. The van der Waals surface area contributed by atoms with E-state index in [4.69, 9.17) is 27.9 Å². The molecule has 1 N–H and O–H groups in total. The first-order valence-corrected chi connectivity index (χ1v) is 8.45. The van der Waals surface area contributed by atoms with E-state index in [2.05, 4.69) is 26.1 Å². The predicted octanol–water partition coefficient (Wildman–Crippen LogP) is 5.70. The second-order valence-corrected chi connectivity index (χ2v) is 7.49. The molecule has 128 valence electrons. The Hall–Kier alpha value is -1.71. The van der Waals surface area contributed by atoms with Gasteiger partial charge in [0.05, 0.1) is 10.7 Å². The summed E-state index contributed by atoms with van der Waals surface area (Å²) in [6.07, 6.45) is -0.666. The van der Waals surface area contributed by atoms with E-state index in [0.717, 1.165) is 0 Å². The lowest BCUT2D eigenvalue weighted by molar-refractivity contribution is -0.122. The molecule has 0 fully saturated rings. The Morgan fingerprint density at radius 1 is 1.08 bits per heavy atom. The number of hydrogen-bond donors (Lipinski definition) is 1. The molecule has 5 heteroatoms. The molecule has 0 saturated heterocycles. The number of nitrogens with one attached hydrogen (secondary N) is 1. The molecular formula is C19H21Cl2NO2. The van der Waals surface area contributed by atoms with Crippen molar-refractivity contribution in [2.75, 3.05) is 5.32 Å². The van der Waals surface area contributed by atoms with Gasteiger partial charge in [0.25, 0.3) is 5.91 Å². The molecule has 2 aromatic rings. The molecule has 0 saturated carbocycles. The number of anilines is 1. The van der Waals surface area contributed by atoms with Crippen molar-refractivity contribution in [1.29, 1.82) is 0 Å². The van der Waals surface area contributed by atoms with Gasteiger partial charge in [-0.1, -0.05) is 56.1 Å². The third kappa shape index (κ3) is 4.89. The topological polar surface area (TPSA) is 38.3 Å². The average Bonchev–Trinajstić information content (AvgIpc) is 2.50. The summed E-state index contributed by atoms with van der Waals surface area (Å²) in [7, 11) is 0. The van der Waals surface area contributed by atoms with E-state index < -0.39 is 6.10 Å². The summed E-state index contributed by atoms with van der Waals surface area (Å²) < 4.78 is 5.70. The van der Waals surface area contributed by atoms with Crippen LogP contribution >= 0.6 is 23.2 Å². The van der Waals surface area contributed by atoms with Crippen LogP contribution in [0.5, 0.6) is 5.75 Å². The van der Waals surface area contributed by atoms with E-state index in [1.165, 1.54) is 5.56 Å². The number of hydrogen-bond acceptors (Lipinski definition) is 2. The first-order valence-electron chi connectivity index (χ1n) is 7.70. The first-order chi connectivity index (χ1) is 11.2. The van der Waals surface area contributed by atoms with E-state index >= 15 is 0 Å². The number of amides is 1. The fourth-order valence-electron chi connectivity index (χ4n) is 2.12. The van der Waals surface area contributed by atoms with Crippen LogP contribution in [-0.4, -0.2) is 12.0 Å². The van der Waals surface area contributed by atoms with Gasteiger partial charge in [0.1, 0.15) is 5.75 Å². The normalized spacial score (nSPS) is 12.6. The Bertz CT molecular complexity index is 721. The second kappa shape index (κ2) is 7.45. The highest BCUT2D eigenvalue weighted by molar-refractivity contribution is 6.35. The lowest BCUT2D eigenvalue weighted by atomic mass is 9.87. The van der Waals surface area contributed by atoms with Gasteiger partial charge in [-0.05, 0) is 48.2 Å². The molecule has 2 rings (SSSR count). The van der Waals surface area contributed by atoms with Gasteiger partial charge in [0, 0.05) is 5.02 Å². The number of carbonyl (C=O) groups excluding carboxylic acids is 1. The zero-order valence-electron chi connectivity index (χ0n) is 14.2. The quantitative estimate of drug-likeness (QED) is 0.754. The molecule has 1 amide bonds. The molecule has 0 aromatic heterocycles. The number of ether oxygens (including phenoxy) is 1. The van der Waals surface area contributed by atoms with Crippen LogP contribution in [-0.2, 0) is 10.2 Å². The molecule has 24 heavy (non-hydrogen) atoms. The Labute approximate surface area is 152 Å². The standard InChI is InChI=1S/C19H21Cl2NO2/c1-12(18(23)22-17-11-14(20)7-10-16(17)21)24-15-8-5-13(6-9-15)19(2,3)4/h5-12H,1-4H3,(H,22,23). The van der Waals surface area contributed by atoms with Crippen LogP contribution in [0.15, 0.2) is 42.5 Å². The molecule has 0 aliphatic heterocycles. The van der Waals surface area contributed by atoms with Crippen LogP contribution in [0.3, 0.4) is 0 Å². The third-order valence-corrected chi connectivity index (χ3v) is 4.15. The smallest absolute Gasteiger partial charge is 0.265 e. The van der Waals surface area contributed by atoms with Crippen LogP contribution in [0.2, 0.25) is 10.0 Å². The minimum Gasteiger partial charge on any atom is -0.481 e. The van der Waals surface area contributed by atoms with Gasteiger partial charge in [0.15, 0.2) is 6.10 Å². The molecular weight excluding hydrogens is 345 g/mol. The highest BCUT2D eigenvalue weighted by Crippen LogP contribution is 2.27. The van der Waals surface area contributed by atoms with Gasteiger partial charge in [-0.2, -0.15) is 0 Å². The van der Waals surface area contributed by atoms with Gasteiger partial charge in [-0.25, -0.2) is 0 Å². The SMILES string of the molecule is CC(Oc1ccc(C(C)(C)C)cc1)C(=O)Nc1cc(Cl)ccc1Cl. The molecule has 2 aromatic carbocycles. The van der Waals surface area contributed by atoms with Gasteiger partial charge in [0.2, 0.25) is 0 Å². The Morgan fingerprint density at radius 3 is 2.29 bits per heavy atom. The summed E-state index contributed by atoms with van der Waals surface area (Å²) in [5, 5.41) is 3.65. The molecule has 0 heterocycles. The molecule has 3 nitrogen and oxygen atoms in total. The molecule has 0 aliphatic rings. The largest absolute Gasteiger partial charge is 0.481 e. The molecule has 1 unspecified atom stereocenters. The lowest BCUT2D eigenvalue weighted by Crippen LogP contribution is -2.30. The number of benzene rings is 2. The first kappa shape index (κ1) is 18.6. The maximum absolute atomic E-state index is 12.3. The van der Waals surface area contributed by atoms with Gasteiger partial charge < -0.3 is 10.1 Å². The highest BCUT2D eigenvalue weighted by Gasteiger charge is 2.17. The summed E-state index contributed by atoms with van der Waals surface area (Å²) in [6.45, 7) is 8.13. The van der Waals surface area contributed by atoms with Crippen LogP contribution in [0.1, 0.15) is 33.3 Å². The molecule has 0 spiro atoms. The Kier molecular flexibility index (Phi) is 5.79. The monoisotopic (exact) mass is 365 g/mol. The van der Waals surface area contributed by atoms with E-state index in [-0.39, 0.29) is 11.3 Å². The van der Waals surface area contributed by atoms with Gasteiger partial charge in [-0.15, -0.1) is 0 Å². The minimum atomic E-state index is -0.666. The summed E-state index contributed by atoms with van der Waals surface area (Å²) in [4.78, 5) is 12.3. The van der Waals surface area contributed by atoms with Crippen molar-refractivity contribution in [3.05, 3.63) is 58.1 Å². The summed E-state index contributed by atoms with van der Waals surface area (Å²) in [6, 6.07) is 12.7. The zero-order chi connectivity index (χ0) is 17.9. The number of carbonyl (C=O) groups is 1. The summed E-state index contributed by atoms with van der Waals surface area (Å²) >= 11 is 12.0. The van der Waals surface area contributed by atoms with E-state index in [1.54, 1.807) is 25.1 Å². The zero-order valence-corrected chi connectivity index (χ0v) is 15.7. The van der Waals surface area contributed by atoms with Crippen LogP contribution < -0.4 is 10.1 Å². The van der Waals surface area contributed by atoms with Crippen LogP contribution in [0.25, 0.3) is 0 Å². The highest BCUT2D eigenvalue weighted by atomic mass is 35.5. The molecule has 0 aliphatic carbocycles. The van der Waals surface area contributed by atoms with Crippen molar-refractivity contribution in [2.45, 2.75) is 39.2 Å². The maximum atomic E-state index is 12.3. The van der Waals surface area contributed by atoms with Crippen molar-refractivity contribution in [3.63, 3.8) is 0 Å². The van der Waals surface area contributed by atoms with Crippen molar-refractivity contribution >= 4 is 34.8 Å². The van der Waals surface area contributed by atoms with E-state index in [1.807, 2.05) is 24.3 Å². The lowest BCUT2D eigenvalue weighted by Gasteiger charge is -2.20. The molecule has 0 radical (unpaired) electrons. The van der Waals surface area contributed by atoms with Crippen molar-refractivity contribution in [3.8, 4) is 5.75 Å². The second-order valence-electron chi connectivity index (χ2n) is 6.65. The van der Waals surface area contributed by atoms with Crippen LogP contribution in [0, 0.1) is 0 Å². The van der Waals surface area contributed by atoms with Crippen molar-refractivity contribution in [1.82, 2.24) is 0 Å². The maximum Gasteiger partial charge on any atom is 0.265 e. The average molecular weight is 366 g/mol. The Balaban J connectivity index is 2.02. The van der Waals surface area contributed by atoms with E-state index in [0.29, 0.717) is 21.5 Å². The molecule has 1 atom stereocenters. The van der Waals surface area contributed by atoms with Gasteiger partial charge in [-0.3, -0.25) is 4.79 Å². The number of rotatable bonds is 4. The summed E-state index contributed by atoms with van der Waals surface area (Å²) in [5.41, 5.74) is 1.75. The number of halogens is 2. The minimum absolute atomic E-state index is 0.0743. The Morgan fingerprint density at radius 2 is 1.71 bits per heavy atom. The fourth-order valence-corrected chi connectivity index (χ4v) is 2.46. The van der Waals surface area contributed by atoms with E-state index in [9.17, 15) is 4.79 Å². The predicted molar refractivity (Wildman–Crippen MR) is 100 cm³/mol. The van der Waals surface area contributed by atoms with Crippen LogP contribution in [0.4, 0.5) is 5.69 Å². The van der Waals surface area contributed by atoms with Crippen molar-refractivity contribution < 1.29 is 9.53 Å². The fraction of sp³-hybridized carbons (Fsp3) is 0.316. The third-order valence-electron chi connectivity index (χ3n) is 3.59. The van der Waals surface area contributed by atoms with Crippen molar-refractivity contribution in [2.24, 2.45) is 0 Å². The molecule has 0 bridgehead atoms. The van der Waals surface area contributed by atoms with Gasteiger partial charge >= 0.3 is 0 Å².